The first kappa shape index (κ1) is 15.4. The number of carbonyl (C=O) groups is 1. The van der Waals surface area contributed by atoms with Crippen molar-refractivity contribution in [2.75, 3.05) is 13.1 Å². The number of carbonyl (C=O) groups excluding carboxylic acids is 1. The average Bonchev–Trinajstić information content (AvgIpc) is 3.14. The van der Waals surface area contributed by atoms with Crippen molar-refractivity contribution in [3.63, 3.8) is 0 Å². The van der Waals surface area contributed by atoms with Gasteiger partial charge in [-0.1, -0.05) is 5.16 Å². The third-order valence-electron chi connectivity index (χ3n) is 4.88. The van der Waals surface area contributed by atoms with Crippen LogP contribution in [0.1, 0.15) is 53.6 Å². The number of rotatable bonds is 5. The topological polar surface area (TPSA) is 76.2 Å². The van der Waals surface area contributed by atoms with Crippen molar-refractivity contribution in [1.29, 1.82) is 0 Å². The molecule has 1 atom stereocenters. The number of nitrogens with zero attached hydrogens (tertiary/aromatic N) is 4. The fraction of sp³-hybridized carbons (Fsp3) is 0.588. The fourth-order valence-electron chi connectivity index (χ4n) is 3.21. The Bertz CT molecular complexity index is 746. The number of nitrogens with one attached hydrogen (secondary N) is 1. The molecule has 0 aromatic carbocycles. The van der Waals surface area contributed by atoms with Crippen LogP contribution >= 0.6 is 0 Å². The molecule has 128 valence electrons. The van der Waals surface area contributed by atoms with E-state index in [2.05, 4.69) is 31.8 Å². The molecule has 1 fully saturated rings. The summed E-state index contributed by atoms with van der Waals surface area (Å²) in [4.78, 5) is 19.2. The first-order chi connectivity index (χ1) is 11.6. The van der Waals surface area contributed by atoms with Gasteiger partial charge < -0.3 is 14.4 Å². The summed E-state index contributed by atoms with van der Waals surface area (Å²) in [7, 11) is 0. The van der Waals surface area contributed by atoms with Gasteiger partial charge >= 0.3 is 0 Å². The molecule has 0 bridgehead atoms. The molecule has 1 aliphatic carbocycles. The predicted molar refractivity (Wildman–Crippen MR) is 87.3 cm³/mol. The van der Waals surface area contributed by atoms with Crippen LogP contribution in [0.25, 0.3) is 0 Å². The highest BCUT2D eigenvalue weighted by molar-refractivity contribution is 5.92. The number of hydrogen-bond acceptors (Lipinski definition) is 5. The minimum atomic E-state index is -0.0605. The van der Waals surface area contributed by atoms with E-state index in [0.29, 0.717) is 11.6 Å². The molecule has 4 rings (SSSR count). The molecule has 2 aromatic rings. The van der Waals surface area contributed by atoms with E-state index in [1.165, 1.54) is 12.8 Å². The van der Waals surface area contributed by atoms with Crippen molar-refractivity contribution >= 4 is 5.91 Å². The van der Waals surface area contributed by atoms with E-state index in [1.807, 2.05) is 19.2 Å². The van der Waals surface area contributed by atoms with Crippen molar-refractivity contribution < 1.29 is 9.32 Å². The van der Waals surface area contributed by atoms with Gasteiger partial charge in [0, 0.05) is 38.4 Å². The average molecular weight is 329 g/mol. The second kappa shape index (κ2) is 6.05. The Labute approximate surface area is 141 Å². The quantitative estimate of drug-likeness (QED) is 0.906. The number of fused-ring (bicyclic) bond motifs is 1. The maximum Gasteiger partial charge on any atom is 0.271 e. The van der Waals surface area contributed by atoms with E-state index in [1.54, 1.807) is 0 Å². The second-order valence-electron chi connectivity index (χ2n) is 6.91. The van der Waals surface area contributed by atoms with Crippen molar-refractivity contribution in [2.45, 2.75) is 45.8 Å². The Balaban J connectivity index is 1.45. The molecular formula is C17H23N5O2. The van der Waals surface area contributed by atoms with E-state index >= 15 is 0 Å². The summed E-state index contributed by atoms with van der Waals surface area (Å²) in [5.74, 6) is 2.38. The number of aryl methyl sites for hydroxylation is 1. The molecular weight excluding hydrogens is 306 g/mol. The third-order valence-corrected chi connectivity index (χ3v) is 4.88. The minimum Gasteiger partial charge on any atom is -0.361 e. The molecule has 1 aliphatic heterocycles. The standard InChI is InChI=1S/C17H23N5O2/c1-11-7-14(20-24-11)9-21-5-6-22-10-15(19-16(22)12(21)2)17(23)18-8-13-3-4-13/h7,10,12-13H,3-6,8-9H2,1-2H3,(H,18,23). The van der Waals surface area contributed by atoms with Crippen LogP contribution in [0.5, 0.6) is 0 Å². The largest absolute Gasteiger partial charge is 0.361 e. The molecule has 24 heavy (non-hydrogen) atoms. The fourth-order valence-corrected chi connectivity index (χ4v) is 3.21. The molecule has 2 aromatic heterocycles. The normalized spacial score (nSPS) is 20.8. The number of aromatic nitrogens is 3. The Morgan fingerprint density at radius 1 is 1.42 bits per heavy atom. The van der Waals surface area contributed by atoms with E-state index in [-0.39, 0.29) is 11.9 Å². The molecule has 1 N–H and O–H groups in total. The zero-order valence-corrected chi connectivity index (χ0v) is 14.2. The summed E-state index contributed by atoms with van der Waals surface area (Å²) in [5, 5.41) is 7.06. The van der Waals surface area contributed by atoms with Crippen LogP contribution in [0.3, 0.4) is 0 Å². The zero-order valence-electron chi connectivity index (χ0n) is 14.2. The second-order valence-corrected chi connectivity index (χ2v) is 6.91. The van der Waals surface area contributed by atoms with Gasteiger partial charge in [-0.05, 0) is 32.6 Å². The number of hydrogen-bond donors (Lipinski definition) is 1. The molecule has 0 radical (unpaired) electrons. The molecule has 7 nitrogen and oxygen atoms in total. The SMILES string of the molecule is Cc1cc(CN2CCn3cc(C(=O)NCC4CC4)nc3C2C)no1. The summed E-state index contributed by atoms with van der Waals surface area (Å²) in [6, 6.07) is 2.10. The Morgan fingerprint density at radius 2 is 2.25 bits per heavy atom. The highest BCUT2D eigenvalue weighted by Gasteiger charge is 2.28. The van der Waals surface area contributed by atoms with E-state index in [0.717, 1.165) is 43.5 Å². The highest BCUT2D eigenvalue weighted by Crippen LogP contribution is 2.28. The van der Waals surface area contributed by atoms with Crippen LogP contribution in [-0.4, -0.2) is 38.6 Å². The van der Waals surface area contributed by atoms with Crippen LogP contribution in [0.4, 0.5) is 0 Å². The van der Waals surface area contributed by atoms with Gasteiger partial charge in [0.05, 0.1) is 11.7 Å². The van der Waals surface area contributed by atoms with Crippen molar-refractivity contribution in [3.05, 3.63) is 35.2 Å². The zero-order chi connectivity index (χ0) is 16.7. The maximum atomic E-state index is 12.3. The molecule has 0 saturated heterocycles. The van der Waals surface area contributed by atoms with E-state index in [9.17, 15) is 4.79 Å². The smallest absolute Gasteiger partial charge is 0.271 e. The third kappa shape index (κ3) is 3.08. The summed E-state index contributed by atoms with van der Waals surface area (Å²) in [6.07, 6.45) is 4.34. The van der Waals surface area contributed by atoms with Gasteiger partial charge in [0.15, 0.2) is 0 Å². The van der Waals surface area contributed by atoms with Gasteiger partial charge in [0.1, 0.15) is 17.3 Å². The van der Waals surface area contributed by atoms with Gasteiger partial charge in [0.2, 0.25) is 0 Å². The molecule has 1 unspecified atom stereocenters. The minimum absolute atomic E-state index is 0.0605. The van der Waals surface area contributed by atoms with Gasteiger partial charge in [-0.2, -0.15) is 0 Å². The van der Waals surface area contributed by atoms with Crippen molar-refractivity contribution in [2.24, 2.45) is 5.92 Å². The molecule has 1 amide bonds. The monoisotopic (exact) mass is 329 g/mol. The molecule has 0 spiro atoms. The summed E-state index contributed by atoms with van der Waals surface area (Å²) in [5.41, 5.74) is 1.46. The summed E-state index contributed by atoms with van der Waals surface area (Å²) in [6.45, 7) is 7.26. The summed E-state index contributed by atoms with van der Waals surface area (Å²) >= 11 is 0. The van der Waals surface area contributed by atoms with Crippen molar-refractivity contribution in [1.82, 2.24) is 24.9 Å². The van der Waals surface area contributed by atoms with Crippen LogP contribution < -0.4 is 5.32 Å². The lowest BCUT2D eigenvalue weighted by Gasteiger charge is -2.32. The van der Waals surface area contributed by atoms with Crippen LogP contribution in [0.15, 0.2) is 16.8 Å². The van der Waals surface area contributed by atoms with E-state index < -0.39 is 0 Å². The molecule has 1 saturated carbocycles. The first-order valence-electron chi connectivity index (χ1n) is 8.61. The number of imidazole rings is 1. The highest BCUT2D eigenvalue weighted by atomic mass is 16.5. The van der Waals surface area contributed by atoms with Crippen LogP contribution in [-0.2, 0) is 13.1 Å². The Morgan fingerprint density at radius 3 is 2.96 bits per heavy atom. The summed E-state index contributed by atoms with van der Waals surface area (Å²) < 4.78 is 7.25. The van der Waals surface area contributed by atoms with Gasteiger partial charge in [-0.25, -0.2) is 4.98 Å². The van der Waals surface area contributed by atoms with Crippen molar-refractivity contribution in [3.8, 4) is 0 Å². The molecule has 7 heteroatoms. The Hall–Kier alpha value is -2.15. The van der Waals surface area contributed by atoms with Crippen LogP contribution in [0, 0.1) is 12.8 Å². The molecule has 2 aliphatic rings. The predicted octanol–water partition coefficient (Wildman–Crippen LogP) is 1.90. The lowest BCUT2D eigenvalue weighted by Crippen LogP contribution is -2.36. The van der Waals surface area contributed by atoms with E-state index in [4.69, 9.17) is 4.52 Å². The van der Waals surface area contributed by atoms with Crippen LogP contribution in [0.2, 0.25) is 0 Å². The van der Waals surface area contributed by atoms with Gasteiger partial charge in [-0.3, -0.25) is 9.69 Å². The lowest BCUT2D eigenvalue weighted by molar-refractivity contribution is 0.0947. The van der Waals surface area contributed by atoms with Gasteiger partial charge in [-0.15, -0.1) is 0 Å². The van der Waals surface area contributed by atoms with Gasteiger partial charge in [0.25, 0.3) is 5.91 Å². The number of amides is 1. The maximum absolute atomic E-state index is 12.3. The Kier molecular flexibility index (Phi) is 3.88. The first-order valence-corrected chi connectivity index (χ1v) is 8.61. The lowest BCUT2D eigenvalue weighted by atomic mass is 10.2. The molecule has 3 heterocycles.